The molecule has 2 rings (SSSR count). The van der Waals surface area contributed by atoms with Crippen LogP contribution in [0.1, 0.15) is 30.3 Å². The van der Waals surface area contributed by atoms with Gasteiger partial charge in [0.05, 0.1) is 6.54 Å². The van der Waals surface area contributed by atoms with Gasteiger partial charge in [-0.3, -0.25) is 0 Å². The topological polar surface area (TPSA) is 30.7 Å². The second-order valence-corrected chi connectivity index (χ2v) is 4.05. The maximum Gasteiger partial charge on any atom is 0.150 e. The lowest BCUT2D eigenvalue weighted by Crippen LogP contribution is -2.01. The molecule has 1 aromatic carbocycles. The van der Waals surface area contributed by atoms with E-state index in [-0.39, 0.29) is 0 Å². The Balaban J connectivity index is 2.05. The van der Waals surface area contributed by atoms with Gasteiger partial charge in [0.2, 0.25) is 0 Å². The number of hydrogen-bond acceptors (Lipinski definition) is 2. The molecule has 2 aromatic rings. The summed E-state index contributed by atoms with van der Waals surface area (Å²) in [5.74, 6) is 0.926. The first-order chi connectivity index (χ1) is 8.31. The molecule has 0 atom stereocenters. The van der Waals surface area contributed by atoms with Gasteiger partial charge < -0.3 is 0 Å². The first-order valence-electron chi connectivity index (χ1n) is 5.91. The molecule has 0 saturated heterocycles. The predicted octanol–water partition coefficient (Wildman–Crippen LogP) is 2.92. The second kappa shape index (κ2) is 5.43. The zero-order chi connectivity index (χ0) is 12.1. The molecule has 0 spiro atoms. The second-order valence-electron chi connectivity index (χ2n) is 4.05. The number of nitrogens with zero attached hydrogens (tertiary/aromatic N) is 3. The fraction of sp³-hybridized carbons (Fsp3) is 0.286. The van der Waals surface area contributed by atoms with Crippen LogP contribution in [0.4, 0.5) is 0 Å². The van der Waals surface area contributed by atoms with Gasteiger partial charge in [0.25, 0.3) is 0 Å². The van der Waals surface area contributed by atoms with Crippen molar-refractivity contribution in [2.45, 2.75) is 26.3 Å². The summed E-state index contributed by atoms with van der Waals surface area (Å²) in [6.45, 7) is 6.65. The predicted molar refractivity (Wildman–Crippen MR) is 69.7 cm³/mol. The van der Waals surface area contributed by atoms with Crippen LogP contribution in [-0.2, 0) is 13.0 Å². The molecule has 0 N–H and O–H groups in total. The molecule has 0 bridgehead atoms. The van der Waals surface area contributed by atoms with E-state index in [0.717, 1.165) is 30.8 Å². The van der Waals surface area contributed by atoms with Gasteiger partial charge in [-0.25, -0.2) is 9.67 Å². The maximum atomic E-state index is 4.42. The summed E-state index contributed by atoms with van der Waals surface area (Å²) in [7, 11) is 0. The smallest absolute Gasteiger partial charge is 0.150 e. The van der Waals surface area contributed by atoms with Crippen molar-refractivity contribution < 1.29 is 0 Å². The number of aromatic nitrogens is 3. The van der Waals surface area contributed by atoms with E-state index in [4.69, 9.17) is 0 Å². The first kappa shape index (κ1) is 11.6. The summed E-state index contributed by atoms with van der Waals surface area (Å²) in [4.78, 5) is 4.27. The van der Waals surface area contributed by atoms with Crippen molar-refractivity contribution >= 4 is 6.08 Å². The minimum atomic E-state index is 0.772. The molecule has 0 fully saturated rings. The van der Waals surface area contributed by atoms with Crippen LogP contribution in [0.25, 0.3) is 6.08 Å². The normalized spacial score (nSPS) is 10.4. The Hall–Kier alpha value is -1.90. The lowest BCUT2D eigenvalue weighted by molar-refractivity contribution is 0.668. The average Bonchev–Trinajstić information content (AvgIpc) is 2.78. The summed E-state index contributed by atoms with van der Waals surface area (Å²) in [5.41, 5.74) is 2.36. The summed E-state index contributed by atoms with van der Waals surface area (Å²) >= 11 is 0. The fourth-order valence-electron chi connectivity index (χ4n) is 1.69. The molecule has 17 heavy (non-hydrogen) atoms. The van der Waals surface area contributed by atoms with Crippen molar-refractivity contribution in [1.29, 1.82) is 0 Å². The molecule has 0 aliphatic carbocycles. The van der Waals surface area contributed by atoms with Crippen LogP contribution in [0.15, 0.2) is 37.2 Å². The molecule has 0 saturated carbocycles. The summed E-state index contributed by atoms with van der Waals surface area (Å²) in [6, 6.07) is 8.31. The van der Waals surface area contributed by atoms with Crippen molar-refractivity contribution in [3.8, 4) is 0 Å². The number of aryl methyl sites for hydroxylation is 1. The molecule has 88 valence electrons. The van der Waals surface area contributed by atoms with Crippen LogP contribution < -0.4 is 0 Å². The third kappa shape index (κ3) is 3.03. The number of rotatable bonds is 5. The molecule has 1 aromatic heterocycles. The minimum Gasteiger partial charge on any atom is -0.248 e. The number of hydrogen-bond donors (Lipinski definition) is 0. The van der Waals surface area contributed by atoms with Gasteiger partial charge in [-0.05, 0) is 17.5 Å². The Labute approximate surface area is 102 Å². The van der Waals surface area contributed by atoms with E-state index in [1.54, 1.807) is 6.33 Å². The largest absolute Gasteiger partial charge is 0.248 e. The van der Waals surface area contributed by atoms with Crippen LogP contribution in [0.3, 0.4) is 0 Å². The highest BCUT2D eigenvalue weighted by Gasteiger charge is 2.00. The highest BCUT2D eigenvalue weighted by molar-refractivity contribution is 5.47. The van der Waals surface area contributed by atoms with Crippen LogP contribution >= 0.6 is 0 Å². The van der Waals surface area contributed by atoms with Crippen LogP contribution in [0.5, 0.6) is 0 Å². The Morgan fingerprint density at radius 1 is 1.29 bits per heavy atom. The molecule has 0 aliphatic heterocycles. The monoisotopic (exact) mass is 227 g/mol. The number of benzene rings is 1. The van der Waals surface area contributed by atoms with Gasteiger partial charge in [0, 0.05) is 6.42 Å². The molecule has 0 radical (unpaired) electrons. The minimum absolute atomic E-state index is 0.772. The lowest BCUT2D eigenvalue weighted by atomic mass is 10.1. The van der Waals surface area contributed by atoms with Gasteiger partial charge >= 0.3 is 0 Å². The lowest BCUT2D eigenvalue weighted by Gasteiger charge is -2.01. The highest BCUT2D eigenvalue weighted by atomic mass is 15.3. The molecular formula is C14H17N3. The van der Waals surface area contributed by atoms with E-state index in [0.29, 0.717) is 0 Å². The maximum absolute atomic E-state index is 4.42. The van der Waals surface area contributed by atoms with Crippen molar-refractivity contribution in [3.63, 3.8) is 0 Å². The molecule has 0 unspecified atom stereocenters. The molecule has 1 heterocycles. The van der Waals surface area contributed by atoms with E-state index >= 15 is 0 Å². The van der Waals surface area contributed by atoms with Crippen molar-refractivity contribution in [2.75, 3.05) is 0 Å². The Morgan fingerprint density at radius 2 is 2.06 bits per heavy atom. The summed E-state index contributed by atoms with van der Waals surface area (Å²) in [5, 5.41) is 4.42. The van der Waals surface area contributed by atoms with E-state index in [9.17, 15) is 0 Å². The zero-order valence-electron chi connectivity index (χ0n) is 10.1. The van der Waals surface area contributed by atoms with Crippen LogP contribution in [0.2, 0.25) is 0 Å². The Morgan fingerprint density at radius 3 is 2.71 bits per heavy atom. The standard InChI is InChI=1S/C14H17N3/c1-3-5-14-15-11-17(16-14)10-13-8-6-12(4-2)7-9-13/h4,6-9,11H,2-3,5,10H2,1H3. The van der Waals surface area contributed by atoms with Crippen molar-refractivity contribution in [1.82, 2.24) is 14.8 Å². The van der Waals surface area contributed by atoms with Gasteiger partial charge in [-0.1, -0.05) is 43.8 Å². The fourth-order valence-corrected chi connectivity index (χ4v) is 1.69. The van der Waals surface area contributed by atoms with Crippen molar-refractivity contribution in [3.05, 3.63) is 54.1 Å². The van der Waals surface area contributed by atoms with Gasteiger partial charge in [0.1, 0.15) is 6.33 Å². The third-order valence-corrected chi connectivity index (χ3v) is 2.62. The molecule has 0 aliphatic rings. The molecular weight excluding hydrogens is 210 g/mol. The highest BCUT2D eigenvalue weighted by Crippen LogP contribution is 2.07. The Bertz CT molecular complexity index is 482. The van der Waals surface area contributed by atoms with Crippen LogP contribution in [0, 0.1) is 0 Å². The van der Waals surface area contributed by atoms with Crippen molar-refractivity contribution in [2.24, 2.45) is 0 Å². The molecule has 0 amide bonds. The van der Waals surface area contributed by atoms with E-state index in [2.05, 4.69) is 47.9 Å². The Kier molecular flexibility index (Phi) is 3.70. The van der Waals surface area contributed by atoms with Gasteiger partial charge in [0.15, 0.2) is 5.82 Å². The average molecular weight is 227 g/mol. The zero-order valence-corrected chi connectivity index (χ0v) is 10.1. The summed E-state index contributed by atoms with van der Waals surface area (Å²) in [6.07, 6.45) is 5.67. The molecule has 3 nitrogen and oxygen atoms in total. The molecule has 3 heteroatoms. The third-order valence-electron chi connectivity index (χ3n) is 2.62. The van der Waals surface area contributed by atoms with Gasteiger partial charge in [-0.15, -0.1) is 0 Å². The van der Waals surface area contributed by atoms with E-state index < -0.39 is 0 Å². The van der Waals surface area contributed by atoms with E-state index in [1.165, 1.54) is 5.56 Å². The van der Waals surface area contributed by atoms with E-state index in [1.807, 2.05) is 10.8 Å². The van der Waals surface area contributed by atoms with Gasteiger partial charge in [-0.2, -0.15) is 5.10 Å². The SMILES string of the molecule is C=Cc1ccc(Cn2cnc(CCC)n2)cc1. The summed E-state index contributed by atoms with van der Waals surface area (Å²) < 4.78 is 1.88. The quantitative estimate of drug-likeness (QED) is 0.786. The van der Waals surface area contributed by atoms with Crippen LogP contribution in [-0.4, -0.2) is 14.8 Å². The first-order valence-corrected chi connectivity index (χ1v) is 5.91.